The summed E-state index contributed by atoms with van der Waals surface area (Å²) in [5.74, 6) is -1.21. The first-order chi connectivity index (χ1) is 12.5. The number of halogens is 1. The number of carbonyl (C=O) groups is 2. The van der Waals surface area contributed by atoms with Gasteiger partial charge in [-0.2, -0.15) is 0 Å². The second kappa shape index (κ2) is 7.99. The quantitative estimate of drug-likeness (QED) is 0.894. The number of anilines is 3. The van der Waals surface area contributed by atoms with Gasteiger partial charge in [0.05, 0.1) is 5.69 Å². The minimum atomic E-state index is -0.509. The van der Waals surface area contributed by atoms with Gasteiger partial charge in [-0.05, 0) is 49.2 Å². The van der Waals surface area contributed by atoms with E-state index < -0.39 is 11.7 Å². The van der Waals surface area contributed by atoms with Crippen molar-refractivity contribution in [3.63, 3.8) is 0 Å². The lowest BCUT2D eigenvalue weighted by atomic mass is 10.2. The second-order valence-electron chi connectivity index (χ2n) is 6.34. The fourth-order valence-electron chi connectivity index (χ4n) is 3.10. The molecule has 136 valence electrons. The van der Waals surface area contributed by atoms with Crippen molar-refractivity contribution in [1.82, 2.24) is 0 Å². The smallest absolute Gasteiger partial charge is 0.244 e. The van der Waals surface area contributed by atoms with Crippen molar-refractivity contribution in [3.8, 4) is 0 Å². The third kappa shape index (κ3) is 4.20. The van der Waals surface area contributed by atoms with E-state index in [1.165, 1.54) is 36.8 Å². The Morgan fingerprint density at radius 1 is 1.08 bits per heavy atom. The monoisotopic (exact) mass is 355 g/mol. The Labute approximate surface area is 152 Å². The highest BCUT2D eigenvalue weighted by atomic mass is 19.1. The molecule has 2 amide bonds. The molecule has 1 heterocycles. The van der Waals surface area contributed by atoms with Gasteiger partial charge in [-0.3, -0.25) is 9.59 Å². The molecular weight excluding hydrogens is 333 g/mol. The summed E-state index contributed by atoms with van der Waals surface area (Å²) in [7, 11) is 0. The Morgan fingerprint density at radius 3 is 2.35 bits per heavy atom. The van der Waals surface area contributed by atoms with Crippen LogP contribution in [-0.4, -0.2) is 31.4 Å². The van der Waals surface area contributed by atoms with Gasteiger partial charge in [0.25, 0.3) is 0 Å². The van der Waals surface area contributed by atoms with Gasteiger partial charge >= 0.3 is 0 Å². The third-order valence-corrected chi connectivity index (χ3v) is 4.46. The topological polar surface area (TPSA) is 52.7 Å². The molecule has 0 atom stereocenters. The average molecular weight is 355 g/mol. The number of nitrogens with zero attached hydrogens (tertiary/aromatic N) is 2. The average Bonchev–Trinajstić information content (AvgIpc) is 3.16. The third-order valence-electron chi connectivity index (χ3n) is 4.46. The Hall–Kier alpha value is -2.89. The molecule has 2 aromatic rings. The fourth-order valence-corrected chi connectivity index (χ4v) is 3.10. The maximum atomic E-state index is 13.7. The first-order valence-corrected chi connectivity index (χ1v) is 8.72. The molecule has 0 bridgehead atoms. The molecule has 1 saturated heterocycles. The van der Waals surface area contributed by atoms with Crippen LogP contribution in [0.1, 0.15) is 19.8 Å². The Morgan fingerprint density at radius 2 is 1.73 bits per heavy atom. The maximum Gasteiger partial charge on any atom is 0.244 e. The van der Waals surface area contributed by atoms with E-state index in [-0.39, 0.29) is 18.1 Å². The van der Waals surface area contributed by atoms with Crippen LogP contribution in [0.15, 0.2) is 48.5 Å². The van der Waals surface area contributed by atoms with Gasteiger partial charge in [-0.25, -0.2) is 4.39 Å². The Balaban J connectivity index is 1.69. The summed E-state index contributed by atoms with van der Waals surface area (Å²) in [4.78, 5) is 27.9. The molecule has 5 nitrogen and oxygen atoms in total. The van der Waals surface area contributed by atoms with E-state index in [4.69, 9.17) is 0 Å². The number of hydrogen-bond acceptors (Lipinski definition) is 3. The van der Waals surface area contributed by atoms with Gasteiger partial charge in [0, 0.05) is 31.4 Å². The van der Waals surface area contributed by atoms with Crippen molar-refractivity contribution >= 4 is 28.9 Å². The standard InChI is InChI=1S/C20H22FN3O2/c1-15(25)24(14-20(26)22-19-7-3-2-6-18(19)21)17-10-8-16(9-11-17)23-12-4-5-13-23/h2-3,6-11H,4-5,12-14H2,1H3,(H,22,26). The molecule has 0 spiro atoms. The fraction of sp³-hybridized carbons (Fsp3) is 0.300. The number of rotatable bonds is 5. The molecule has 0 unspecified atom stereocenters. The van der Waals surface area contributed by atoms with Crippen molar-refractivity contribution in [2.24, 2.45) is 0 Å². The van der Waals surface area contributed by atoms with Gasteiger partial charge in [-0.15, -0.1) is 0 Å². The lowest BCUT2D eigenvalue weighted by Gasteiger charge is -2.23. The number of para-hydroxylation sites is 1. The summed E-state index contributed by atoms with van der Waals surface area (Å²) in [5, 5.41) is 2.51. The van der Waals surface area contributed by atoms with E-state index in [1.807, 2.05) is 24.3 Å². The van der Waals surface area contributed by atoms with E-state index >= 15 is 0 Å². The predicted octanol–water partition coefficient (Wildman–Crippen LogP) is 3.42. The van der Waals surface area contributed by atoms with Crippen LogP contribution in [0.3, 0.4) is 0 Å². The van der Waals surface area contributed by atoms with Crippen LogP contribution in [0.25, 0.3) is 0 Å². The molecule has 26 heavy (non-hydrogen) atoms. The van der Waals surface area contributed by atoms with Crippen molar-refractivity contribution in [3.05, 3.63) is 54.3 Å². The maximum absolute atomic E-state index is 13.7. The van der Waals surface area contributed by atoms with Crippen molar-refractivity contribution in [2.75, 3.05) is 34.8 Å². The predicted molar refractivity (Wildman–Crippen MR) is 101 cm³/mol. The lowest BCUT2D eigenvalue weighted by molar-refractivity contribution is -0.120. The summed E-state index contributed by atoms with van der Waals surface area (Å²) in [6.07, 6.45) is 2.38. The van der Waals surface area contributed by atoms with Gasteiger partial charge in [0.15, 0.2) is 0 Å². The van der Waals surface area contributed by atoms with Crippen molar-refractivity contribution in [2.45, 2.75) is 19.8 Å². The van der Waals surface area contributed by atoms with E-state index in [2.05, 4.69) is 10.2 Å². The van der Waals surface area contributed by atoms with Crippen LogP contribution in [0.4, 0.5) is 21.5 Å². The second-order valence-corrected chi connectivity index (χ2v) is 6.34. The van der Waals surface area contributed by atoms with Crippen LogP contribution in [-0.2, 0) is 9.59 Å². The van der Waals surface area contributed by atoms with Crippen LogP contribution in [0.5, 0.6) is 0 Å². The first kappa shape index (κ1) is 17.9. The molecule has 0 saturated carbocycles. The minimum absolute atomic E-state index is 0.102. The minimum Gasteiger partial charge on any atom is -0.372 e. The highest BCUT2D eigenvalue weighted by molar-refractivity contribution is 6.01. The number of benzene rings is 2. The number of carbonyl (C=O) groups excluding carboxylic acids is 2. The molecule has 0 radical (unpaired) electrons. The highest BCUT2D eigenvalue weighted by Gasteiger charge is 2.18. The molecule has 0 aromatic heterocycles. The SMILES string of the molecule is CC(=O)N(CC(=O)Nc1ccccc1F)c1ccc(N2CCCC2)cc1. The zero-order valence-corrected chi connectivity index (χ0v) is 14.7. The molecule has 1 N–H and O–H groups in total. The Bertz CT molecular complexity index is 786. The van der Waals surface area contributed by atoms with Gasteiger partial charge in [0.1, 0.15) is 12.4 Å². The van der Waals surface area contributed by atoms with E-state index in [1.54, 1.807) is 12.1 Å². The van der Waals surface area contributed by atoms with Crippen LogP contribution >= 0.6 is 0 Å². The molecule has 3 rings (SSSR count). The normalized spacial score (nSPS) is 13.5. The highest BCUT2D eigenvalue weighted by Crippen LogP contribution is 2.24. The molecule has 2 aromatic carbocycles. The van der Waals surface area contributed by atoms with Gasteiger partial charge < -0.3 is 15.1 Å². The summed E-state index contributed by atoms with van der Waals surface area (Å²) >= 11 is 0. The summed E-state index contributed by atoms with van der Waals surface area (Å²) in [6.45, 7) is 3.32. The summed E-state index contributed by atoms with van der Waals surface area (Å²) in [6, 6.07) is 13.5. The summed E-state index contributed by atoms with van der Waals surface area (Å²) < 4.78 is 13.7. The molecule has 1 aliphatic heterocycles. The molecule has 0 aliphatic carbocycles. The van der Waals surface area contributed by atoms with E-state index in [9.17, 15) is 14.0 Å². The van der Waals surface area contributed by atoms with E-state index in [0.29, 0.717) is 5.69 Å². The van der Waals surface area contributed by atoms with Crippen LogP contribution in [0, 0.1) is 5.82 Å². The molecule has 6 heteroatoms. The molecule has 1 aliphatic rings. The lowest BCUT2D eigenvalue weighted by Crippen LogP contribution is -2.36. The van der Waals surface area contributed by atoms with Crippen molar-refractivity contribution < 1.29 is 14.0 Å². The van der Waals surface area contributed by atoms with Crippen LogP contribution < -0.4 is 15.1 Å². The Kier molecular flexibility index (Phi) is 5.51. The molecular formula is C20H22FN3O2. The number of nitrogens with one attached hydrogen (secondary N) is 1. The largest absolute Gasteiger partial charge is 0.372 e. The van der Waals surface area contributed by atoms with E-state index in [0.717, 1.165) is 18.8 Å². The zero-order chi connectivity index (χ0) is 18.5. The van der Waals surface area contributed by atoms with Crippen LogP contribution in [0.2, 0.25) is 0 Å². The zero-order valence-electron chi connectivity index (χ0n) is 14.7. The van der Waals surface area contributed by atoms with Gasteiger partial charge in [0.2, 0.25) is 11.8 Å². The first-order valence-electron chi connectivity index (χ1n) is 8.72. The number of hydrogen-bond donors (Lipinski definition) is 1. The van der Waals surface area contributed by atoms with Crippen molar-refractivity contribution in [1.29, 1.82) is 0 Å². The number of amides is 2. The van der Waals surface area contributed by atoms with Gasteiger partial charge in [-0.1, -0.05) is 12.1 Å². The molecule has 1 fully saturated rings. The summed E-state index contributed by atoms with van der Waals surface area (Å²) in [5.41, 5.74) is 1.86.